The van der Waals surface area contributed by atoms with Crippen LogP contribution in [0.1, 0.15) is 26.2 Å². The van der Waals surface area contributed by atoms with Gasteiger partial charge in [0.05, 0.1) is 12.9 Å². The number of hydrogen-bond donors (Lipinski definition) is 4. The van der Waals surface area contributed by atoms with Crippen molar-refractivity contribution in [1.82, 2.24) is 24.5 Å². The molecule has 9 nitrogen and oxygen atoms in total. The zero-order chi connectivity index (χ0) is 17.0. The number of unbranched alkanes of at least 4 members (excludes halogenated alkanes) is 1. The molecule has 2 heterocycles. The molecule has 0 aliphatic heterocycles. The van der Waals surface area contributed by atoms with Crippen LogP contribution in [-0.4, -0.2) is 55.9 Å². The Morgan fingerprint density at radius 3 is 2.12 bits per heavy atom. The molecule has 0 aromatic carbocycles. The van der Waals surface area contributed by atoms with Gasteiger partial charge >= 0.3 is 0 Å². The molecule has 0 aliphatic carbocycles. The van der Waals surface area contributed by atoms with Gasteiger partial charge < -0.3 is 25.6 Å². The molecule has 2 rings (SSSR count). The molecule has 0 saturated carbocycles. The molecule has 2 aromatic rings. The maximum absolute atomic E-state index is 8.93. The van der Waals surface area contributed by atoms with Gasteiger partial charge in [0.25, 0.3) is 0 Å². The fourth-order valence-electron chi connectivity index (χ4n) is 2.04. The standard InChI is InChI=1S/C15H26N8O/c1-2-3-5-17-13-20-14(22-15(21-13)19-8-11-24)18-6-4-9-23-10-7-16-12-23/h7,10,12,24H,2-6,8-9,11H2,1H3,(H3,17,18,19,20,21,22). The van der Waals surface area contributed by atoms with Crippen LogP contribution in [0.5, 0.6) is 0 Å². The fraction of sp³-hybridized carbons (Fsp3) is 0.600. The van der Waals surface area contributed by atoms with E-state index in [0.717, 1.165) is 38.9 Å². The largest absolute Gasteiger partial charge is 0.395 e. The Morgan fingerprint density at radius 1 is 0.958 bits per heavy atom. The van der Waals surface area contributed by atoms with Gasteiger partial charge in [0.15, 0.2) is 0 Å². The van der Waals surface area contributed by atoms with Gasteiger partial charge in [-0.3, -0.25) is 0 Å². The van der Waals surface area contributed by atoms with Crippen LogP contribution < -0.4 is 16.0 Å². The van der Waals surface area contributed by atoms with E-state index in [4.69, 9.17) is 5.11 Å². The number of nitrogens with zero attached hydrogens (tertiary/aromatic N) is 5. The van der Waals surface area contributed by atoms with E-state index >= 15 is 0 Å². The van der Waals surface area contributed by atoms with Crippen LogP contribution in [0.25, 0.3) is 0 Å². The van der Waals surface area contributed by atoms with Crippen LogP contribution in [0.4, 0.5) is 17.8 Å². The van der Waals surface area contributed by atoms with Gasteiger partial charge in [-0.25, -0.2) is 4.98 Å². The van der Waals surface area contributed by atoms with Crippen LogP contribution in [0, 0.1) is 0 Å². The lowest BCUT2D eigenvalue weighted by Gasteiger charge is -2.11. The number of rotatable bonds is 12. The van der Waals surface area contributed by atoms with E-state index in [0.29, 0.717) is 24.4 Å². The minimum atomic E-state index is 0.0257. The highest BCUT2D eigenvalue weighted by Gasteiger charge is 2.06. The summed E-state index contributed by atoms with van der Waals surface area (Å²) in [6.07, 6.45) is 8.60. The van der Waals surface area contributed by atoms with Crippen molar-refractivity contribution in [2.45, 2.75) is 32.7 Å². The average molecular weight is 334 g/mol. The maximum atomic E-state index is 8.93. The quantitative estimate of drug-likeness (QED) is 0.428. The van der Waals surface area contributed by atoms with Crippen LogP contribution in [0.3, 0.4) is 0 Å². The van der Waals surface area contributed by atoms with E-state index in [2.05, 4.69) is 42.8 Å². The lowest BCUT2D eigenvalue weighted by molar-refractivity contribution is 0.311. The monoisotopic (exact) mass is 334 g/mol. The molecule has 2 aromatic heterocycles. The van der Waals surface area contributed by atoms with Crippen molar-refractivity contribution in [3.63, 3.8) is 0 Å². The molecule has 0 spiro atoms. The Bertz CT molecular complexity index is 575. The van der Waals surface area contributed by atoms with Crippen molar-refractivity contribution in [1.29, 1.82) is 0 Å². The molecule has 0 unspecified atom stereocenters. The van der Waals surface area contributed by atoms with Crippen LogP contribution in [0.2, 0.25) is 0 Å². The number of aryl methyl sites for hydroxylation is 1. The predicted molar refractivity (Wildman–Crippen MR) is 94.1 cm³/mol. The molecule has 0 fully saturated rings. The first kappa shape index (κ1) is 17.9. The molecular formula is C15H26N8O. The number of imidazole rings is 1. The summed E-state index contributed by atoms with van der Waals surface area (Å²) in [5.41, 5.74) is 0. The first-order chi connectivity index (χ1) is 11.8. The van der Waals surface area contributed by atoms with Gasteiger partial charge in [0.2, 0.25) is 17.8 Å². The minimum absolute atomic E-state index is 0.0257. The Labute approximate surface area is 142 Å². The number of aliphatic hydroxyl groups excluding tert-OH is 1. The van der Waals surface area contributed by atoms with Crippen LogP contribution in [0.15, 0.2) is 18.7 Å². The van der Waals surface area contributed by atoms with E-state index in [1.807, 2.05) is 10.8 Å². The number of hydrogen-bond acceptors (Lipinski definition) is 8. The smallest absolute Gasteiger partial charge is 0.229 e. The SMILES string of the molecule is CCCCNc1nc(NCCO)nc(NCCCn2ccnc2)n1. The second-order valence-electron chi connectivity index (χ2n) is 5.32. The molecule has 9 heteroatoms. The van der Waals surface area contributed by atoms with E-state index in [1.165, 1.54) is 0 Å². The summed E-state index contributed by atoms with van der Waals surface area (Å²) < 4.78 is 2.03. The zero-order valence-electron chi connectivity index (χ0n) is 14.1. The van der Waals surface area contributed by atoms with Gasteiger partial charge in [-0.15, -0.1) is 0 Å². The third-order valence-electron chi connectivity index (χ3n) is 3.28. The molecule has 0 amide bonds. The van der Waals surface area contributed by atoms with Crippen molar-refractivity contribution in [3.8, 4) is 0 Å². The Kier molecular flexibility index (Phi) is 7.75. The van der Waals surface area contributed by atoms with E-state index in [1.54, 1.807) is 12.5 Å². The van der Waals surface area contributed by atoms with Gasteiger partial charge in [0.1, 0.15) is 0 Å². The molecule has 0 saturated heterocycles. The van der Waals surface area contributed by atoms with Crippen molar-refractivity contribution in [2.75, 3.05) is 42.2 Å². The fourth-order valence-corrected chi connectivity index (χ4v) is 2.04. The second-order valence-corrected chi connectivity index (χ2v) is 5.32. The maximum Gasteiger partial charge on any atom is 0.229 e. The third-order valence-corrected chi connectivity index (χ3v) is 3.28. The van der Waals surface area contributed by atoms with E-state index in [9.17, 15) is 0 Å². The molecular weight excluding hydrogens is 308 g/mol. The van der Waals surface area contributed by atoms with Gasteiger partial charge in [0, 0.05) is 38.6 Å². The molecule has 0 atom stereocenters. The summed E-state index contributed by atoms with van der Waals surface area (Å²) in [7, 11) is 0. The highest BCUT2D eigenvalue weighted by Crippen LogP contribution is 2.09. The van der Waals surface area contributed by atoms with Gasteiger partial charge in [-0.1, -0.05) is 13.3 Å². The second kappa shape index (κ2) is 10.4. The Balaban J connectivity index is 1.88. The molecule has 24 heavy (non-hydrogen) atoms. The summed E-state index contributed by atoms with van der Waals surface area (Å²) in [5.74, 6) is 1.52. The first-order valence-electron chi connectivity index (χ1n) is 8.36. The number of anilines is 3. The molecule has 0 aliphatic rings. The molecule has 4 N–H and O–H groups in total. The predicted octanol–water partition coefficient (Wildman–Crippen LogP) is 1.19. The lowest BCUT2D eigenvalue weighted by atomic mass is 10.3. The Morgan fingerprint density at radius 2 is 1.58 bits per heavy atom. The summed E-state index contributed by atoms with van der Waals surface area (Å²) in [6.45, 7) is 5.01. The van der Waals surface area contributed by atoms with Crippen molar-refractivity contribution in [2.24, 2.45) is 0 Å². The number of aromatic nitrogens is 5. The summed E-state index contributed by atoms with van der Waals surface area (Å²) in [6, 6.07) is 0. The van der Waals surface area contributed by atoms with Crippen LogP contribution in [-0.2, 0) is 6.54 Å². The van der Waals surface area contributed by atoms with Gasteiger partial charge in [-0.05, 0) is 12.8 Å². The Hall–Kier alpha value is -2.42. The van der Waals surface area contributed by atoms with Crippen molar-refractivity contribution in [3.05, 3.63) is 18.7 Å². The highest BCUT2D eigenvalue weighted by atomic mass is 16.3. The highest BCUT2D eigenvalue weighted by molar-refractivity contribution is 5.42. The molecule has 0 radical (unpaired) electrons. The zero-order valence-corrected chi connectivity index (χ0v) is 14.1. The molecule has 0 bridgehead atoms. The molecule has 132 valence electrons. The van der Waals surface area contributed by atoms with Gasteiger partial charge in [-0.2, -0.15) is 15.0 Å². The number of aliphatic hydroxyl groups is 1. The lowest BCUT2D eigenvalue weighted by Crippen LogP contribution is -2.15. The number of nitrogens with one attached hydrogen (secondary N) is 3. The van der Waals surface area contributed by atoms with Crippen LogP contribution >= 0.6 is 0 Å². The minimum Gasteiger partial charge on any atom is -0.395 e. The van der Waals surface area contributed by atoms with E-state index < -0.39 is 0 Å². The third kappa shape index (κ3) is 6.37. The van der Waals surface area contributed by atoms with Crippen molar-refractivity contribution >= 4 is 17.8 Å². The van der Waals surface area contributed by atoms with Crippen molar-refractivity contribution < 1.29 is 5.11 Å². The first-order valence-corrected chi connectivity index (χ1v) is 8.36. The summed E-state index contributed by atoms with van der Waals surface area (Å²) >= 11 is 0. The summed E-state index contributed by atoms with van der Waals surface area (Å²) in [5, 5.41) is 18.3. The average Bonchev–Trinajstić information content (AvgIpc) is 3.10. The topological polar surface area (TPSA) is 113 Å². The summed E-state index contributed by atoms with van der Waals surface area (Å²) in [4.78, 5) is 17.0. The normalized spacial score (nSPS) is 10.6. The van der Waals surface area contributed by atoms with E-state index in [-0.39, 0.29) is 6.61 Å².